The molecule has 1 atom stereocenters. The molecule has 3 aromatic rings. The molecule has 0 radical (unpaired) electrons. The number of Topliss-reactive ketones (excluding diaryl/α,β-unsaturated/α-hetero) is 1. The lowest BCUT2D eigenvalue weighted by molar-refractivity contribution is -0.121. The van der Waals surface area contributed by atoms with E-state index in [1.807, 2.05) is 6.92 Å². The Hall–Kier alpha value is -3.42. The van der Waals surface area contributed by atoms with E-state index in [-0.39, 0.29) is 18.3 Å². The highest BCUT2D eigenvalue weighted by Gasteiger charge is 2.28. The number of hydrogen-bond acceptors (Lipinski definition) is 6. The number of hydrogen-bond donors (Lipinski definition) is 0. The molecule has 8 nitrogen and oxygen atoms in total. The molecule has 1 unspecified atom stereocenters. The standard InChI is InChI=1S/C20H19N3O5/c1-3-9-22-14-10-13(6-7-15(14)27-11-17(22)24)18(25)12(2)23-19-16(28-20(23)26)5-4-8-21-19/h4-8,10,12H,3,9,11H2,1-2H3. The summed E-state index contributed by atoms with van der Waals surface area (Å²) in [5.74, 6) is -0.510. The number of oxazole rings is 1. The molecular formula is C20H19N3O5. The number of anilines is 1. The number of ether oxygens (including phenoxy) is 1. The Balaban J connectivity index is 1.73. The fourth-order valence-corrected chi connectivity index (χ4v) is 3.40. The lowest BCUT2D eigenvalue weighted by Crippen LogP contribution is -2.39. The SMILES string of the molecule is CCCN1C(=O)COc2ccc(C(=O)C(C)n3c(=O)oc4cccnc43)cc21. The summed E-state index contributed by atoms with van der Waals surface area (Å²) >= 11 is 0. The van der Waals surface area contributed by atoms with Crippen LogP contribution in [0.25, 0.3) is 11.2 Å². The Bertz CT molecular complexity index is 1130. The molecule has 4 rings (SSSR count). The second-order valence-corrected chi connectivity index (χ2v) is 6.62. The monoisotopic (exact) mass is 381 g/mol. The molecule has 1 aliphatic rings. The molecule has 3 heterocycles. The third-order valence-electron chi connectivity index (χ3n) is 4.77. The normalized spacial score (nSPS) is 14.6. The first-order chi connectivity index (χ1) is 13.5. The minimum Gasteiger partial charge on any atom is -0.482 e. The number of aromatic nitrogens is 2. The van der Waals surface area contributed by atoms with Crippen molar-refractivity contribution in [1.82, 2.24) is 9.55 Å². The van der Waals surface area contributed by atoms with Crippen LogP contribution >= 0.6 is 0 Å². The van der Waals surface area contributed by atoms with E-state index in [1.54, 1.807) is 42.2 Å². The Morgan fingerprint density at radius 1 is 1.29 bits per heavy atom. The average molecular weight is 381 g/mol. The maximum Gasteiger partial charge on any atom is 0.421 e. The molecule has 1 aliphatic heterocycles. The van der Waals surface area contributed by atoms with Crippen LogP contribution in [0.3, 0.4) is 0 Å². The van der Waals surface area contributed by atoms with Gasteiger partial charge in [-0.2, -0.15) is 0 Å². The topological polar surface area (TPSA) is 94.6 Å². The van der Waals surface area contributed by atoms with Gasteiger partial charge < -0.3 is 14.1 Å². The van der Waals surface area contributed by atoms with E-state index in [9.17, 15) is 14.4 Å². The van der Waals surface area contributed by atoms with Crippen LogP contribution in [0.1, 0.15) is 36.7 Å². The minimum absolute atomic E-state index is 0.0151. The van der Waals surface area contributed by atoms with E-state index in [2.05, 4.69) is 4.98 Å². The van der Waals surface area contributed by atoms with Crippen molar-refractivity contribution in [2.45, 2.75) is 26.3 Å². The van der Waals surface area contributed by atoms with Gasteiger partial charge in [-0.25, -0.2) is 14.3 Å². The predicted molar refractivity (Wildman–Crippen MR) is 102 cm³/mol. The van der Waals surface area contributed by atoms with Crippen LogP contribution in [0.2, 0.25) is 0 Å². The molecule has 0 bridgehead atoms. The second-order valence-electron chi connectivity index (χ2n) is 6.62. The van der Waals surface area contributed by atoms with Gasteiger partial charge in [-0.15, -0.1) is 0 Å². The average Bonchev–Trinajstić information content (AvgIpc) is 3.04. The summed E-state index contributed by atoms with van der Waals surface area (Å²) in [4.78, 5) is 43.3. The maximum atomic E-state index is 13.1. The molecule has 28 heavy (non-hydrogen) atoms. The third kappa shape index (κ3) is 2.87. The molecule has 0 spiro atoms. The van der Waals surface area contributed by atoms with Gasteiger partial charge in [-0.05, 0) is 43.7 Å². The first-order valence-electron chi connectivity index (χ1n) is 9.08. The van der Waals surface area contributed by atoms with E-state index >= 15 is 0 Å². The Labute approximate surface area is 160 Å². The second kappa shape index (κ2) is 6.95. The highest BCUT2D eigenvalue weighted by Crippen LogP contribution is 2.34. The van der Waals surface area contributed by atoms with Crippen LogP contribution in [-0.4, -0.2) is 34.4 Å². The van der Waals surface area contributed by atoms with E-state index in [4.69, 9.17) is 9.15 Å². The first-order valence-corrected chi connectivity index (χ1v) is 9.08. The van der Waals surface area contributed by atoms with Crippen LogP contribution < -0.4 is 15.4 Å². The summed E-state index contributed by atoms with van der Waals surface area (Å²) in [5.41, 5.74) is 1.59. The van der Waals surface area contributed by atoms with Gasteiger partial charge in [0.15, 0.2) is 23.6 Å². The van der Waals surface area contributed by atoms with Crippen molar-refractivity contribution in [2.24, 2.45) is 0 Å². The van der Waals surface area contributed by atoms with Crippen LogP contribution in [0.4, 0.5) is 5.69 Å². The Kier molecular flexibility index (Phi) is 4.46. The molecule has 8 heteroatoms. The Morgan fingerprint density at radius 2 is 2.11 bits per heavy atom. The number of fused-ring (bicyclic) bond motifs is 2. The van der Waals surface area contributed by atoms with Crippen molar-refractivity contribution < 1.29 is 18.7 Å². The molecule has 2 aromatic heterocycles. The molecule has 0 saturated heterocycles. The van der Waals surface area contributed by atoms with Gasteiger partial charge in [0.2, 0.25) is 0 Å². The van der Waals surface area contributed by atoms with E-state index in [0.717, 1.165) is 6.42 Å². The van der Waals surface area contributed by atoms with Gasteiger partial charge >= 0.3 is 5.76 Å². The fraction of sp³-hybridized carbons (Fsp3) is 0.300. The first kappa shape index (κ1) is 18.0. The zero-order chi connectivity index (χ0) is 19.8. The van der Waals surface area contributed by atoms with Crippen molar-refractivity contribution in [3.8, 4) is 5.75 Å². The third-order valence-corrected chi connectivity index (χ3v) is 4.77. The summed E-state index contributed by atoms with van der Waals surface area (Å²) in [5, 5.41) is 0. The summed E-state index contributed by atoms with van der Waals surface area (Å²) < 4.78 is 11.9. The van der Waals surface area contributed by atoms with E-state index in [1.165, 1.54) is 10.8 Å². The molecule has 0 aliphatic carbocycles. The van der Waals surface area contributed by atoms with Crippen molar-refractivity contribution in [3.63, 3.8) is 0 Å². The number of rotatable bonds is 5. The minimum atomic E-state index is -0.818. The fourth-order valence-electron chi connectivity index (χ4n) is 3.40. The highest BCUT2D eigenvalue weighted by atomic mass is 16.5. The summed E-state index contributed by atoms with van der Waals surface area (Å²) in [6, 6.07) is 7.42. The van der Waals surface area contributed by atoms with E-state index < -0.39 is 11.8 Å². The van der Waals surface area contributed by atoms with Gasteiger partial charge in [0.05, 0.1) is 5.69 Å². The van der Waals surface area contributed by atoms with E-state index in [0.29, 0.717) is 34.8 Å². The van der Waals surface area contributed by atoms with Gasteiger partial charge in [0, 0.05) is 18.3 Å². The van der Waals surface area contributed by atoms with Gasteiger partial charge in [0.25, 0.3) is 5.91 Å². The van der Waals surface area contributed by atoms with Crippen LogP contribution in [0, 0.1) is 0 Å². The number of ketones is 1. The lowest BCUT2D eigenvalue weighted by Gasteiger charge is -2.29. The largest absolute Gasteiger partial charge is 0.482 e. The number of nitrogens with zero attached hydrogens (tertiary/aromatic N) is 3. The summed E-state index contributed by atoms with van der Waals surface area (Å²) in [6.07, 6.45) is 2.32. The number of pyridine rings is 1. The van der Waals surface area contributed by atoms with Crippen molar-refractivity contribution >= 4 is 28.6 Å². The van der Waals surface area contributed by atoms with Crippen molar-refractivity contribution in [3.05, 3.63) is 52.6 Å². The molecule has 144 valence electrons. The molecule has 1 aromatic carbocycles. The van der Waals surface area contributed by atoms with Crippen molar-refractivity contribution in [2.75, 3.05) is 18.1 Å². The van der Waals surface area contributed by atoms with Gasteiger partial charge in [0.1, 0.15) is 11.8 Å². The van der Waals surface area contributed by atoms with Crippen LogP contribution in [0.5, 0.6) is 5.75 Å². The highest BCUT2D eigenvalue weighted by molar-refractivity contribution is 6.03. The number of amides is 1. The van der Waals surface area contributed by atoms with Crippen LogP contribution in [-0.2, 0) is 4.79 Å². The molecular weight excluding hydrogens is 362 g/mol. The zero-order valence-electron chi connectivity index (χ0n) is 15.5. The lowest BCUT2D eigenvalue weighted by atomic mass is 10.0. The molecule has 0 fully saturated rings. The summed E-state index contributed by atoms with van der Waals surface area (Å²) in [7, 11) is 0. The summed E-state index contributed by atoms with van der Waals surface area (Å²) in [6.45, 7) is 4.12. The number of carbonyl (C=O) groups excluding carboxylic acids is 2. The maximum absolute atomic E-state index is 13.1. The number of benzene rings is 1. The number of carbonyl (C=O) groups is 2. The Morgan fingerprint density at radius 3 is 2.89 bits per heavy atom. The quantitative estimate of drug-likeness (QED) is 0.631. The smallest absolute Gasteiger partial charge is 0.421 e. The van der Waals surface area contributed by atoms with Crippen LogP contribution in [0.15, 0.2) is 45.7 Å². The van der Waals surface area contributed by atoms with Gasteiger partial charge in [-0.3, -0.25) is 9.59 Å². The molecule has 0 N–H and O–H groups in total. The molecule has 1 amide bonds. The molecule has 0 saturated carbocycles. The van der Waals surface area contributed by atoms with Gasteiger partial charge in [-0.1, -0.05) is 6.92 Å². The zero-order valence-corrected chi connectivity index (χ0v) is 15.5. The predicted octanol–water partition coefficient (Wildman–Crippen LogP) is 2.57. The van der Waals surface area contributed by atoms with Crippen molar-refractivity contribution in [1.29, 1.82) is 0 Å².